The Hall–Kier alpha value is -3.91. The van der Waals surface area contributed by atoms with E-state index in [-0.39, 0.29) is 11.6 Å². The van der Waals surface area contributed by atoms with Crippen molar-refractivity contribution in [1.29, 1.82) is 0 Å². The van der Waals surface area contributed by atoms with Gasteiger partial charge in [0.1, 0.15) is 11.3 Å². The maximum absolute atomic E-state index is 13.2. The van der Waals surface area contributed by atoms with Crippen molar-refractivity contribution in [2.75, 3.05) is 37.6 Å². The van der Waals surface area contributed by atoms with Gasteiger partial charge in [-0.3, -0.25) is 14.5 Å². The van der Waals surface area contributed by atoms with E-state index in [0.29, 0.717) is 27.8 Å². The molecule has 0 saturated carbocycles. The van der Waals surface area contributed by atoms with Crippen LogP contribution in [0.4, 0.5) is 5.95 Å². The molecule has 2 aromatic heterocycles. The van der Waals surface area contributed by atoms with Crippen LogP contribution >= 0.6 is 0 Å². The van der Waals surface area contributed by atoms with Crippen molar-refractivity contribution >= 4 is 28.5 Å². The van der Waals surface area contributed by atoms with Crippen LogP contribution in [0.2, 0.25) is 0 Å². The summed E-state index contributed by atoms with van der Waals surface area (Å²) in [5.74, 6) is 1.40. The lowest BCUT2D eigenvalue weighted by atomic mass is 9.83. The number of H-pyrrole nitrogens is 1. The fourth-order valence-electron chi connectivity index (χ4n) is 4.92. The Morgan fingerprint density at radius 2 is 1.56 bits per heavy atom. The largest absolute Gasteiger partial charge is 0.342 e. The van der Waals surface area contributed by atoms with Crippen LogP contribution in [0.1, 0.15) is 44.1 Å². The average molecular weight is 453 g/mol. The second-order valence-electron chi connectivity index (χ2n) is 8.75. The highest BCUT2D eigenvalue weighted by Crippen LogP contribution is 2.31. The molecule has 0 radical (unpaired) electrons. The maximum atomic E-state index is 13.2. The van der Waals surface area contributed by atoms with Gasteiger partial charge in [0.05, 0.1) is 11.1 Å². The molecule has 1 saturated heterocycles. The monoisotopic (exact) mass is 452 g/mol. The van der Waals surface area contributed by atoms with Crippen LogP contribution in [-0.2, 0) is 6.42 Å². The molecule has 0 spiro atoms. The first-order valence-corrected chi connectivity index (χ1v) is 11.6. The van der Waals surface area contributed by atoms with Gasteiger partial charge in [-0.15, -0.1) is 0 Å². The predicted molar refractivity (Wildman–Crippen MR) is 128 cm³/mol. The van der Waals surface area contributed by atoms with Gasteiger partial charge in [-0.2, -0.15) is 0 Å². The summed E-state index contributed by atoms with van der Waals surface area (Å²) in [4.78, 5) is 47.6. The van der Waals surface area contributed by atoms with Crippen molar-refractivity contribution in [3.8, 4) is 0 Å². The maximum Gasteiger partial charge on any atom is 0.225 e. The number of aromatic nitrogens is 4. The third kappa shape index (κ3) is 3.56. The van der Waals surface area contributed by atoms with Gasteiger partial charge in [0, 0.05) is 61.7 Å². The lowest BCUT2D eigenvalue weighted by molar-refractivity contribution is 0.0980. The van der Waals surface area contributed by atoms with Gasteiger partial charge < -0.3 is 9.88 Å². The summed E-state index contributed by atoms with van der Waals surface area (Å²) in [5, 5.41) is 0. The van der Waals surface area contributed by atoms with E-state index < -0.39 is 0 Å². The molecule has 0 unspecified atom stereocenters. The van der Waals surface area contributed by atoms with E-state index in [1.165, 1.54) is 0 Å². The van der Waals surface area contributed by atoms with E-state index >= 15 is 0 Å². The molecule has 1 fully saturated rings. The molecule has 34 heavy (non-hydrogen) atoms. The minimum absolute atomic E-state index is 0.114. The number of nitrogens with one attached hydrogen (secondary N) is 1. The Balaban J connectivity index is 1.13. The number of aromatic amines is 1. The number of hydrogen-bond acceptors (Lipinski definition) is 7. The van der Waals surface area contributed by atoms with Gasteiger partial charge in [-0.05, 0) is 31.2 Å². The van der Waals surface area contributed by atoms with Crippen molar-refractivity contribution in [2.45, 2.75) is 12.8 Å². The third-order valence-corrected chi connectivity index (χ3v) is 6.69. The summed E-state index contributed by atoms with van der Waals surface area (Å²) in [5.41, 5.74) is 3.17. The Bertz CT molecular complexity index is 1390. The molecule has 0 bridgehead atoms. The van der Waals surface area contributed by atoms with Gasteiger partial charge in [0.2, 0.25) is 5.95 Å². The van der Waals surface area contributed by atoms with Crippen molar-refractivity contribution in [1.82, 2.24) is 24.8 Å². The lowest BCUT2D eigenvalue weighted by Gasteiger charge is -2.34. The molecule has 0 amide bonds. The molecule has 8 heteroatoms. The molecule has 1 aliphatic carbocycles. The minimum Gasteiger partial charge on any atom is -0.342 e. The van der Waals surface area contributed by atoms with E-state index in [9.17, 15) is 9.59 Å². The Morgan fingerprint density at radius 1 is 0.824 bits per heavy atom. The van der Waals surface area contributed by atoms with E-state index in [1.54, 1.807) is 42.7 Å². The first kappa shape index (κ1) is 20.7. The molecule has 2 aromatic carbocycles. The number of ketones is 2. The summed E-state index contributed by atoms with van der Waals surface area (Å²) in [6.07, 6.45) is 5.30. The Kier molecular flexibility index (Phi) is 5.15. The van der Waals surface area contributed by atoms with Crippen molar-refractivity contribution in [2.24, 2.45) is 0 Å². The zero-order valence-corrected chi connectivity index (χ0v) is 18.7. The van der Waals surface area contributed by atoms with Gasteiger partial charge in [-0.25, -0.2) is 15.0 Å². The van der Waals surface area contributed by atoms with Crippen LogP contribution in [0.5, 0.6) is 0 Å². The van der Waals surface area contributed by atoms with Crippen LogP contribution in [0.3, 0.4) is 0 Å². The molecular weight excluding hydrogens is 428 g/mol. The Labute approximate surface area is 196 Å². The number of hydrogen-bond donors (Lipinski definition) is 1. The topological polar surface area (TPSA) is 95.1 Å². The zero-order valence-electron chi connectivity index (χ0n) is 18.7. The molecule has 170 valence electrons. The number of carbonyl (C=O) groups excluding carboxylic acids is 2. The van der Waals surface area contributed by atoms with Gasteiger partial charge in [-0.1, -0.05) is 24.3 Å². The summed E-state index contributed by atoms with van der Waals surface area (Å²) in [7, 11) is 0. The fourth-order valence-corrected chi connectivity index (χ4v) is 4.92. The number of anilines is 1. The van der Waals surface area contributed by atoms with Crippen LogP contribution < -0.4 is 4.90 Å². The van der Waals surface area contributed by atoms with Crippen LogP contribution in [0, 0.1) is 0 Å². The van der Waals surface area contributed by atoms with Crippen LogP contribution in [-0.4, -0.2) is 69.1 Å². The number of imidazole rings is 1. The number of fused-ring (bicyclic) bond motifs is 4. The predicted octanol–water partition coefficient (Wildman–Crippen LogP) is 2.88. The first-order chi connectivity index (χ1) is 16.7. The number of carbonyl (C=O) groups is 2. The standard InChI is InChI=1S/C26H24N6O2/c33-24-17-5-1-2-6-18(17)25(34)22-19(24)8-9-20-23(22)30-21(29-20)7-3-12-31-13-15-32(16-14-31)26-27-10-4-11-28-26/h1-2,4-6,8-11H,3,7,12-16H2,(H,29,30). The van der Waals surface area contributed by atoms with Crippen LogP contribution in [0.15, 0.2) is 54.9 Å². The summed E-state index contributed by atoms with van der Waals surface area (Å²) in [6.45, 7) is 4.75. The highest BCUT2D eigenvalue weighted by molar-refractivity contribution is 6.31. The highest BCUT2D eigenvalue weighted by Gasteiger charge is 2.32. The number of rotatable bonds is 5. The summed E-state index contributed by atoms with van der Waals surface area (Å²) in [6, 6.07) is 12.4. The number of nitrogens with zero attached hydrogens (tertiary/aromatic N) is 5. The van der Waals surface area contributed by atoms with E-state index in [4.69, 9.17) is 4.98 Å². The summed E-state index contributed by atoms with van der Waals surface area (Å²) < 4.78 is 0. The second kappa shape index (κ2) is 8.46. The summed E-state index contributed by atoms with van der Waals surface area (Å²) >= 11 is 0. The molecule has 2 aliphatic rings. The van der Waals surface area contributed by atoms with Gasteiger partial charge >= 0.3 is 0 Å². The van der Waals surface area contributed by atoms with Crippen molar-refractivity contribution in [3.63, 3.8) is 0 Å². The zero-order chi connectivity index (χ0) is 23.1. The third-order valence-electron chi connectivity index (χ3n) is 6.69. The molecule has 8 nitrogen and oxygen atoms in total. The lowest BCUT2D eigenvalue weighted by Crippen LogP contribution is -2.47. The van der Waals surface area contributed by atoms with Crippen molar-refractivity contribution in [3.05, 3.63) is 82.9 Å². The van der Waals surface area contributed by atoms with Gasteiger partial charge in [0.25, 0.3) is 0 Å². The number of benzene rings is 2. The molecular formula is C26H24N6O2. The number of aryl methyl sites for hydroxylation is 1. The molecule has 0 atom stereocenters. The van der Waals surface area contributed by atoms with E-state index in [0.717, 1.165) is 62.9 Å². The minimum atomic E-state index is -0.130. The molecule has 1 N–H and O–H groups in total. The first-order valence-electron chi connectivity index (χ1n) is 11.6. The van der Waals surface area contributed by atoms with Gasteiger partial charge in [0.15, 0.2) is 11.6 Å². The Morgan fingerprint density at radius 3 is 2.32 bits per heavy atom. The fraction of sp³-hybridized carbons (Fsp3) is 0.269. The molecule has 6 rings (SSSR count). The highest BCUT2D eigenvalue weighted by atomic mass is 16.1. The normalized spacial score (nSPS) is 16.1. The average Bonchev–Trinajstić information content (AvgIpc) is 3.31. The SMILES string of the molecule is O=C1c2ccccc2C(=O)c2c1ccc1[nH]c(CCCN3CCN(c4ncccn4)CC3)nc21. The molecule has 3 heterocycles. The second-order valence-corrected chi connectivity index (χ2v) is 8.75. The smallest absolute Gasteiger partial charge is 0.225 e. The molecule has 1 aliphatic heterocycles. The quantitative estimate of drug-likeness (QED) is 0.438. The van der Waals surface area contributed by atoms with Crippen molar-refractivity contribution < 1.29 is 9.59 Å². The number of piperazine rings is 1. The van der Waals surface area contributed by atoms with E-state index in [1.807, 2.05) is 12.1 Å². The van der Waals surface area contributed by atoms with Crippen LogP contribution in [0.25, 0.3) is 11.0 Å². The van der Waals surface area contributed by atoms with E-state index in [2.05, 4.69) is 24.8 Å². The molecule has 4 aromatic rings.